The zero-order valence-corrected chi connectivity index (χ0v) is 18.1. The van der Waals surface area contributed by atoms with Crippen LogP contribution >= 0.6 is 11.6 Å². The number of aromatic nitrogens is 1. The molecule has 162 valence electrons. The zero-order chi connectivity index (χ0) is 22.4. The van der Waals surface area contributed by atoms with Crippen molar-refractivity contribution in [2.24, 2.45) is 7.05 Å². The van der Waals surface area contributed by atoms with Crippen LogP contribution in [0.1, 0.15) is 27.3 Å². The summed E-state index contributed by atoms with van der Waals surface area (Å²) in [5.74, 6) is -0.794. The highest BCUT2D eigenvalue weighted by molar-refractivity contribution is 6.30. The Kier molecular flexibility index (Phi) is 4.98. The number of aryl methyl sites for hydroxylation is 1. The van der Waals surface area contributed by atoms with E-state index in [1.54, 1.807) is 59.1 Å². The first-order valence-electron chi connectivity index (χ1n) is 10.4. The van der Waals surface area contributed by atoms with E-state index in [-0.39, 0.29) is 17.7 Å². The maximum atomic E-state index is 13.4. The number of carbonyl (C=O) groups excluding carboxylic acids is 3. The monoisotopic (exact) mass is 448 g/mol. The molecule has 1 saturated heterocycles. The molecule has 7 nitrogen and oxygen atoms in total. The Morgan fingerprint density at radius 2 is 1.84 bits per heavy atom. The van der Waals surface area contributed by atoms with Gasteiger partial charge in [0.2, 0.25) is 5.91 Å². The summed E-state index contributed by atoms with van der Waals surface area (Å²) in [4.78, 5) is 40.7. The van der Waals surface area contributed by atoms with Gasteiger partial charge < -0.3 is 20.1 Å². The molecule has 3 amide bonds. The highest BCUT2D eigenvalue weighted by Crippen LogP contribution is 2.32. The molecule has 0 saturated carbocycles. The van der Waals surface area contributed by atoms with Crippen LogP contribution in [0.15, 0.2) is 60.8 Å². The first-order chi connectivity index (χ1) is 15.4. The van der Waals surface area contributed by atoms with Crippen LogP contribution in [-0.4, -0.2) is 45.8 Å². The van der Waals surface area contributed by atoms with E-state index < -0.39 is 12.1 Å². The molecule has 2 atom stereocenters. The first kappa shape index (κ1) is 20.3. The summed E-state index contributed by atoms with van der Waals surface area (Å²) in [5, 5.41) is 6.46. The van der Waals surface area contributed by atoms with Gasteiger partial charge >= 0.3 is 0 Å². The predicted molar refractivity (Wildman–Crippen MR) is 122 cm³/mol. The second-order valence-electron chi connectivity index (χ2n) is 8.07. The average Bonchev–Trinajstić information content (AvgIpc) is 3.38. The van der Waals surface area contributed by atoms with E-state index in [9.17, 15) is 14.4 Å². The van der Waals surface area contributed by atoms with E-state index in [4.69, 9.17) is 11.6 Å². The van der Waals surface area contributed by atoms with Crippen LogP contribution in [0.2, 0.25) is 5.02 Å². The van der Waals surface area contributed by atoms with Gasteiger partial charge in [-0.3, -0.25) is 14.4 Å². The van der Waals surface area contributed by atoms with E-state index in [0.717, 1.165) is 11.1 Å². The van der Waals surface area contributed by atoms with Crippen molar-refractivity contribution >= 4 is 35.0 Å². The van der Waals surface area contributed by atoms with Gasteiger partial charge in [-0.2, -0.15) is 0 Å². The lowest BCUT2D eigenvalue weighted by Crippen LogP contribution is -2.51. The molecule has 0 aliphatic carbocycles. The van der Waals surface area contributed by atoms with Crippen molar-refractivity contribution < 1.29 is 14.4 Å². The van der Waals surface area contributed by atoms with E-state index in [0.29, 0.717) is 34.9 Å². The molecule has 0 spiro atoms. The third-order valence-corrected chi connectivity index (χ3v) is 6.36. The maximum Gasteiger partial charge on any atom is 0.268 e. The van der Waals surface area contributed by atoms with Gasteiger partial charge in [-0.25, -0.2) is 0 Å². The fraction of sp³-hybridized carbons (Fsp3) is 0.208. The van der Waals surface area contributed by atoms with Crippen LogP contribution in [0.5, 0.6) is 0 Å². The minimum atomic E-state index is -0.766. The molecule has 0 unspecified atom stereocenters. The van der Waals surface area contributed by atoms with Crippen molar-refractivity contribution in [3.8, 4) is 11.1 Å². The van der Waals surface area contributed by atoms with Gasteiger partial charge in [-0.15, -0.1) is 0 Å². The lowest BCUT2D eigenvalue weighted by Gasteiger charge is -2.25. The van der Waals surface area contributed by atoms with Crippen molar-refractivity contribution in [2.75, 3.05) is 11.9 Å². The number of hydrogen-bond donors (Lipinski definition) is 2. The Balaban J connectivity index is 1.43. The molecule has 1 aromatic heterocycles. The van der Waals surface area contributed by atoms with Crippen LogP contribution < -0.4 is 10.6 Å². The average molecular weight is 449 g/mol. The molecule has 2 aliphatic rings. The summed E-state index contributed by atoms with van der Waals surface area (Å²) in [6.45, 7) is 0.389. The number of halogens is 1. The molecular formula is C24H21ClN4O3. The van der Waals surface area contributed by atoms with Crippen molar-refractivity contribution in [2.45, 2.75) is 18.5 Å². The van der Waals surface area contributed by atoms with E-state index in [1.807, 2.05) is 18.2 Å². The largest absolute Gasteiger partial charge is 0.347 e. The van der Waals surface area contributed by atoms with Crippen LogP contribution in [0.25, 0.3) is 11.1 Å². The van der Waals surface area contributed by atoms with Crippen molar-refractivity contribution in [1.29, 1.82) is 0 Å². The summed E-state index contributed by atoms with van der Waals surface area (Å²) >= 11 is 5.99. The standard InChI is InChI=1S/C24H21ClN4O3/c1-28-11-2-3-20(28)22(30)27-19-10-12-29-21(19)23(31)26-18-9-6-15(13-17(18)24(29)32)14-4-7-16(25)8-5-14/h2-9,11,13,19,21H,10,12H2,1H3,(H,26,31)(H,27,30)/t19-,21+/m1/s1. The van der Waals surface area contributed by atoms with Gasteiger partial charge in [-0.05, 0) is 53.9 Å². The number of hydrogen-bond acceptors (Lipinski definition) is 3. The second kappa shape index (κ2) is 7.84. The number of fused-ring (bicyclic) bond motifs is 2. The number of benzene rings is 2. The van der Waals surface area contributed by atoms with Crippen LogP contribution in [0, 0.1) is 0 Å². The third-order valence-electron chi connectivity index (χ3n) is 6.11. The van der Waals surface area contributed by atoms with Gasteiger partial charge in [0.15, 0.2) is 0 Å². The maximum absolute atomic E-state index is 13.4. The Labute approximate surface area is 190 Å². The van der Waals surface area contributed by atoms with Crippen molar-refractivity contribution in [3.63, 3.8) is 0 Å². The van der Waals surface area contributed by atoms with Gasteiger partial charge in [0.05, 0.1) is 17.3 Å². The molecule has 1 fully saturated rings. The number of amides is 3. The van der Waals surface area contributed by atoms with Crippen LogP contribution in [0.4, 0.5) is 5.69 Å². The van der Waals surface area contributed by atoms with Crippen molar-refractivity contribution in [1.82, 2.24) is 14.8 Å². The molecular weight excluding hydrogens is 428 g/mol. The normalized spacial score (nSPS) is 19.8. The smallest absolute Gasteiger partial charge is 0.268 e. The summed E-state index contributed by atoms with van der Waals surface area (Å²) < 4.78 is 1.72. The summed E-state index contributed by atoms with van der Waals surface area (Å²) in [6, 6.07) is 15.0. The van der Waals surface area contributed by atoms with E-state index >= 15 is 0 Å². The number of nitrogens with one attached hydrogen (secondary N) is 2. The third kappa shape index (κ3) is 3.44. The van der Waals surface area contributed by atoms with E-state index in [1.165, 1.54) is 0 Å². The van der Waals surface area contributed by atoms with Gasteiger partial charge in [0.1, 0.15) is 11.7 Å². The number of rotatable bonds is 3. The summed E-state index contributed by atoms with van der Waals surface area (Å²) in [6.07, 6.45) is 2.29. The summed E-state index contributed by atoms with van der Waals surface area (Å²) in [7, 11) is 1.78. The molecule has 0 bridgehead atoms. The molecule has 5 rings (SSSR count). The predicted octanol–water partition coefficient (Wildman–Crippen LogP) is 3.31. The highest BCUT2D eigenvalue weighted by atomic mass is 35.5. The van der Waals surface area contributed by atoms with Gasteiger partial charge in [0.25, 0.3) is 11.8 Å². The molecule has 2 aromatic carbocycles. The highest BCUT2D eigenvalue weighted by Gasteiger charge is 2.45. The lowest BCUT2D eigenvalue weighted by molar-refractivity contribution is -0.120. The fourth-order valence-corrected chi connectivity index (χ4v) is 4.57. The van der Waals surface area contributed by atoms with Crippen LogP contribution in [-0.2, 0) is 11.8 Å². The Morgan fingerprint density at radius 3 is 2.56 bits per heavy atom. The fourth-order valence-electron chi connectivity index (χ4n) is 4.45. The quantitative estimate of drug-likeness (QED) is 0.644. The molecule has 3 aromatic rings. The molecule has 0 radical (unpaired) electrons. The SMILES string of the molecule is Cn1cccc1C(=O)N[C@@H]1CCN2C(=O)c3cc(-c4ccc(Cl)cc4)ccc3NC(=O)[C@H]12. The van der Waals surface area contributed by atoms with Gasteiger partial charge in [0, 0.05) is 24.8 Å². The minimum absolute atomic E-state index is 0.227. The molecule has 3 heterocycles. The Hall–Kier alpha value is -3.58. The number of nitrogens with zero attached hydrogens (tertiary/aromatic N) is 2. The zero-order valence-electron chi connectivity index (χ0n) is 17.3. The second-order valence-corrected chi connectivity index (χ2v) is 8.51. The van der Waals surface area contributed by atoms with Crippen LogP contribution in [0.3, 0.4) is 0 Å². The minimum Gasteiger partial charge on any atom is -0.347 e. The van der Waals surface area contributed by atoms with E-state index in [2.05, 4.69) is 10.6 Å². The lowest BCUT2D eigenvalue weighted by atomic mass is 10.0. The Bertz CT molecular complexity index is 1230. The summed E-state index contributed by atoms with van der Waals surface area (Å²) in [5.41, 5.74) is 3.18. The number of carbonyl (C=O) groups is 3. The van der Waals surface area contributed by atoms with Gasteiger partial charge in [-0.1, -0.05) is 29.8 Å². The first-order valence-corrected chi connectivity index (χ1v) is 10.7. The number of anilines is 1. The molecule has 2 N–H and O–H groups in total. The van der Waals surface area contributed by atoms with Crippen molar-refractivity contribution in [3.05, 3.63) is 77.1 Å². The molecule has 8 heteroatoms. The molecule has 32 heavy (non-hydrogen) atoms. The Morgan fingerprint density at radius 1 is 1.09 bits per heavy atom. The topological polar surface area (TPSA) is 83.4 Å². The molecule has 2 aliphatic heterocycles.